The second kappa shape index (κ2) is 5.90. The first-order valence-electron chi connectivity index (χ1n) is 6.75. The largest absolute Gasteiger partial charge is 0.383 e. The van der Waals surface area contributed by atoms with Crippen molar-refractivity contribution < 1.29 is 0 Å². The Labute approximate surface area is 128 Å². The van der Waals surface area contributed by atoms with E-state index in [0.717, 1.165) is 34.7 Å². The van der Waals surface area contributed by atoms with Crippen molar-refractivity contribution in [1.29, 1.82) is 5.26 Å². The molecule has 0 aliphatic carbocycles. The van der Waals surface area contributed by atoms with E-state index in [-0.39, 0.29) is 0 Å². The standard InChI is InChI=1S/C17H14ClN3/c18-15-2-1-3-16(11-15)20-7-9-21-8-6-14-5-4-13(12-19)10-17(14)21/h1-6,8,10-11,20H,7,9H2. The average molecular weight is 296 g/mol. The molecule has 0 aliphatic heterocycles. The SMILES string of the molecule is N#Cc1ccc2ccn(CCNc3cccc(Cl)c3)c2c1. The highest BCUT2D eigenvalue weighted by molar-refractivity contribution is 6.30. The van der Waals surface area contributed by atoms with Crippen LogP contribution in [0.25, 0.3) is 10.9 Å². The van der Waals surface area contributed by atoms with Gasteiger partial charge in [-0.1, -0.05) is 23.7 Å². The molecule has 0 aliphatic rings. The molecular weight excluding hydrogens is 282 g/mol. The van der Waals surface area contributed by atoms with Gasteiger partial charge >= 0.3 is 0 Å². The Bertz CT molecular complexity index is 814. The topological polar surface area (TPSA) is 40.8 Å². The van der Waals surface area contributed by atoms with Crippen LogP contribution in [0.4, 0.5) is 5.69 Å². The van der Waals surface area contributed by atoms with Crippen molar-refractivity contribution in [2.45, 2.75) is 6.54 Å². The lowest BCUT2D eigenvalue weighted by atomic mass is 10.2. The van der Waals surface area contributed by atoms with Gasteiger partial charge in [0.25, 0.3) is 0 Å². The molecule has 0 saturated carbocycles. The quantitative estimate of drug-likeness (QED) is 0.780. The van der Waals surface area contributed by atoms with E-state index < -0.39 is 0 Å². The lowest BCUT2D eigenvalue weighted by Crippen LogP contribution is -2.09. The average Bonchev–Trinajstić information content (AvgIpc) is 2.90. The summed E-state index contributed by atoms with van der Waals surface area (Å²) in [6.07, 6.45) is 2.05. The van der Waals surface area contributed by atoms with Crippen molar-refractivity contribution in [3.8, 4) is 6.07 Å². The van der Waals surface area contributed by atoms with Crippen LogP contribution >= 0.6 is 11.6 Å². The van der Waals surface area contributed by atoms with E-state index >= 15 is 0 Å². The zero-order valence-corrected chi connectivity index (χ0v) is 12.1. The maximum Gasteiger partial charge on any atom is 0.0992 e. The summed E-state index contributed by atoms with van der Waals surface area (Å²) in [5.41, 5.74) is 2.78. The molecular formula is C17H14ClN3. The molecule has 0 spiro atoms. The zero-order valence-electron chi connectivity index (χ0n) is 11.4. The molecule has 1 aromatic heterocycles. The molecule has 0 fully saturated rings. The Hall–Kier alpha value is -2.44. The third-order valence-electron chi connectivity index (χ3n) is 3.41. The number of aromatic nitrogens is 1. The van der Waals surface area contributed by atoms with E-state index in [9.17, 15) is 0 Å². The van der Waals surface area contributed by atoms with Crippen LogP contribution in [0.3, 0.4) is 0 Å². The summed E-state index contributed by atoms with van der Waals surface area (Å²) >= 11 is 5.96. The predicted octanol–water partition coefficient (Wildman–Crippen LogP) is 4.28. The molecule has 1 heterocycles. The highest BCUT2D eigenvalue weighted by Crippen LogP contribution is 2.18. The fraction of sp³-hybridized carbons (Fsp3) is 0.118. The van der Waals surface area contributed by atoms with E-state index in [1.807, 2.05) is 48.7 Å². The Balaban J connectivity index is 1.72. The normalized spacial score (nSPS) is 10.5. The lowest BCUT2D eigenvalue weighted by molar-refractivity contribution is 0.757. The van der Waals surface area contributed by atoms with E-state index in [1.54, 1.807) is 0 Å². The molecule has 104 valence electrons. The molecule has 0 radical (unpaired) electrons. The Morgan fingerprint density at radius 3 is 2.86 bits per heavy atom. The maximum absolute atomic E-state index is 8.99. The van der Waals surface area contributed by atoms with Crippen LogP contribution < -0.4 is 5.32 Å². The van der Waals surface area contributed by atoms with Gasteiger partial charge in [-0.25, -0.2) is 0 Å². The molecule has 0 bridgehead atoms. The molecule has 0 saturated heterocycles. The van der Waals surface area contributed by atoms with Crippen molar-refractivity contribution in [3.63, 3.8) is 0 Å². The van der Waals surface area contributed by atoms with Crippen molar-refractivity contribution in [1.82, 2.24) is 4.57 Å². The van der Waals surface area contributed by atoms with Gasteiger partial charge in [0.15, 0.2) is 0 Å². The first kappa shape index (κ1) is 13.5. The Morgan fingerprint density at radius 2 is 2.05 bits per heavy atom. The van der Waals surface area contributed by atoms with E-state index in [0.29, 0.717) is 5.56 Å². The number of nitrogens with one attached hydrogen (secondary N) is 1. The van der Waals surface area contributed by atoms with Gasteiger partial charge in [-0.2, -0.15) is 5.26 Å². The highest BCUT2D eigenvalue weighted by atomic mass is 35.5. The van der Waals surface area contributed by atoms with Gasteiger partial charge in [0.2, 0.25) is 0 Å². The summed E-state index contributed by atoms with van der Waals surface area (Å²) < 4.78 is 2.15. The van der Waals surface area contributed by atoms with E-state index in [4.69, 9.17) is 16.9 Å². The third-order valence-corrected chi connectivity index (χ3v) is 3.64. The molecule has 0 amide bonds. The Kier molecular flexibility index (Phi) is 3.81. The summed E-state index contributed by atoms with van der Waals surface area (Å²) in [6.45, 7) is 1.62. The van der Waals surface area contributed by atoms with E-state index in [1.165, 1.54) is 0 Å². The van der Waals surface area contributed by atoms with Crippen molar-refractivity contribution >= 4 is 28.2 Å². The molecule has 3 aromatic rings. The monoisotopic (exact) mass is 295 g/mol. The van der Waals surface area contributed by atoms with Gasteiger partial charge in [0.1, 0.15) is 0 Å². The number of anilines is 1. The van der Waals surface area contributed by atoms with Crippen molar-refractivity contribution in [2.75, 3.05) is 11.9 Å². The molecule has 0 unspecified atom stereocenters. The lowest BCUT2D eigenvalue weighted by Gasteiger charge is -2.09. The number of nitriles is 1. The summed E-state index contributed by atoms with van der Waals surface area (Å²) in [4.78, 5) is 0. The number of hydrogen-bond donors (Lipinski definition) is 1. The molecule has 0 atom stereocenters. The minimum atomic E-state index is 0.685. The number of nitrogens with zero attached hydrogens (tertiary/aromatic N) is 2. The smallest absolute Gasteiger partial charge is 0.0992 e. The van der Waals surface area contributed by atoms with Crippen LogP contribution in [0.1, 0.15) is 5.56 Å². The fourth-order valence-electron chi connectivity index (χ4n) is 2.37. The van der Waals surface area contributed by atoms with Crippen LogP contribution in [0.2, 0.25) is 5.02 Å². The van der Waals surface area contributed by atoms with Crippen LogP contribution in [-0.4, -0.2) is 11.1 Å². The number of hydrogen-bond acceptors (Lipinski definition) is 2. The molecule has 1 N–H and O–H groups in total. The van der Waals surface area contributed by atoms with Crippen molar-refractivity contribution in [3.05, 3.63) is 65.3 Å². The zero-order chi connectivity index (χ0) is 14.7. The van der Waals surface area contributed by atoms with Crippen LogP contribution in [0.15, 0.2) is 54.7 Å². The second-order valence-electron chi connectivity index (χ2n) is 4.83. The number of rotatable bonds is 4. The highest BCUT2D eigenvalue weighted by Gasteiger charge is 2.02. The third kappa shape index (κ3) is 3.01. The number of fused-ring (bicyclic) bond motifs is 1. The van der Waals surface area contributed by atoms with Crippen molar-refractivity contribution in [2.24, 2.45) is 0 Å². The summed E-state index contributed by atoms with van der Waals surface area (Å²) in [5, 5.41) is 14.2. The molecule has 3 nitrogen and oxygen atoms in total. The first-order valence-corrected chi connectivity index (χ1v) is 7.12. The second-order valence-corrected chi connectivity index (χ2v) is 5.27. The van der Waals surface area contributed by atoms with Gasteiger partial charge in [0.05, 0.1) is 11.6 Å². The molecule has 3 rings (SSSR count). The van der Waals surface area contributed by atoms with Crippen LogP contribution in [-0.2, 0) is 6.54 Å². The van der Waals surface area contributed by atoms with Crippen LogP contribution in [0, 0.1) is 11.3 Å². The van der Waals surface area contributed by atoms with Crippen LogP contribution in [0.5, 0.6) is 0 Å². The van der Waals surface area contributed by atoms with Gasteiger partial charge < -0.3 is 9.88 Å². The number of benzene rings is 2. The van der Waals surface area contributed by atoms with Gasteiger partial charge in [0, 0.05) is 35.5 Å². The van der Waals surface area contributed by atoms with Gasteiger partial charge in [-0.05, 0) is 41.8 Å². The Morgan fingerprint density at radius 1 is 1.14 bits per heavy atom. The van der Waals surface area contributed by atoms with Gasteiger partial charge in [-0.3, -0.25) is 0 Å². The fourth-order valence-corrected chi connectivity index (χ4v) is 2.56. The van der Waals surface area contributed by atoms with Gasteiger partial charge in [-0.15, -0.1) is 0 Å². The molecule has 2 aromatic carbocycles. The van der Waals surface area contributed by atoms with E-state index in [2.05, 4.69) is 22.0 Å². The maximum atomic E-state index is 8.99. The molecule has 21 heavy (non-hydrogen) atoms. The summed E-state index contributed by atoms with van der Waals surface area (Å²) in [6, 6.07) is 17.7. The summed E-state index contributed by atoms with van der Waals surface area (Å²) in [5.74, 6) is 0. The first-order chi connectivity index (χ1) is 10.3. The minimum Gasteiger partial charge on any atom is -0.383 e. The number of halogens is 1. The predicted molar refractivity (Wildman–Crippen MR) is 86.6 cm³/mol. The summed E-state index contributed by atoms with van der Waals surface area (Å²) in [7, 11) is 0. The molecule has 4 heteroatoms. The minimum absolute atomic E-state index is 0.685.